The second kappa shape index (κ2) is 9.94. The lowest BCUT2D eigenvalue weighted by atomic mass is 9.71. The number of piperidine rings is 1. The molecule has 30 heavy (non-hydrogen) atoms. The predicted octanol–water partition coefficient (Wildman–Crippen LogP) is 2.50. The van der Waals surface area contributed by atoms with E-state index in [0.29, 0.717) is 25.6 Å². The molecule has 1 spiro atoms. The molecule has 1 N–H and O–H groups in total. The van der Waals surface area contributed by atoms with Crippen molar-refractivity contribution in [3.63, 3.8) is 0 Å². The Labute approximate surface area is 178 Å². The number of nitrogens with zero attached hydrogens (tertiary/aromatic N) is 2. The first-order chi connectivity index (χ1) is 13.9. The van der Waals surface area contributed by atoms with Crippen molar-refractivity contribution in [2.45, 2.75) is 25.6 Å². The molecule has 12 heteroatoms. The fraction of sp³-hybridized carbons (Fsp3) is 0.722. The molecule has 0 saturated carbocycles. The van der Waals surface area contributed by atoms with Crippen LogP contribution in [0.4, 0.5) is 13.2 Å². The number of carboxylic acid groups (broad SMARTS) is 1. The summed E-state index contributed by atoms with van der Waals surface area (Å²) in [5.74, 6) is -2.45. The van der Waals surface area contributed by atoms with E-state index < -0.39 is 22.2 Å². The number of aliphatic carboxylic acids is 1. The second-order valence-electron chi connectivity index (χ2n) is 7.78. The molecule has 2 aliphatic rings. The average molecular weight is 473 g/mol. The Morgan fingerprint density at radius 1 is 1.37 bits per heavy atom. The van der Waals surface area contributed by atoms with Crippen molar-refractivity contribution < 1.29 is 36.2 Å². The minimum Gasteiger partial charge on any atom is -0.475 e. The van der Waals surface area contributed by atoms with Gasteiger partial charge in [-0.15, -0.1) is 0 Å². The van der Waals surface area contributed by atoms with Crippen LogP contribution in [0.3, 0.4) is 0 Å². The maximum absolute atomic E-state index is 12.0. The van der Waals surface area contributed by atoms with Crippen LogP contribution in [-0.4, -0.2) is 81.0 Å². The van der Waals surface area contributed by atoms with Gasteiger partial charge < -0.3 is 9.84 Å². The number of methoxy groups -OCH3 is 1. The molecule has 0 radical (unpaired) electrons. The van der Waals surface area contributed by atoms with Crippen LogP contribution in [0.5, 0.6) is 0 Å². The third-order valence-electron chi connectivity index (χ3n) is 5.70. The predicted molar refractivity (Wildman–Crippen MR) is 107 cm³/mol. The minimum absolute atomic E-state index is 0.0875. The smallest absolute Gasteiger partial charge is 0.475 e. The molecule has 0 aromatic carbocycles. The van der Waals surface area contributed by atoms with Crippen molar-refractivity contribution >= 4 is 27.3 Å². The molecule has 0 bridgehead atoms. The first kappa shape index (κ1) is 25.1. The Morgan fingerprint density at radius 3 is 2.40 bits per heavy atom. The molecule has 2 fully saturated rings. The van der Waals surface area contributed by atoms with Gasteiger partial charge in [0.05, 0.1) is 12.9 Å². The van der Waals surface area contributed by atoms with Crippen molar-refractivity contribution in [1.29, 1.82) is 0 Å². The Hall–Kier alpha value is -1.21. The van der Waals surface area contributed by atoms with Crippen molar-refractivity contribution in [3.8, 4) is 0 Å². The normalized spacial score (nSPS) is 22.6. The fourth-order valence-corrected chi connectivity index (χ4v) is 5.63. The number of carboxylic acids is 1. The molecule has 7 nitrogen and oxygen atoms in total. The van der Waals surface area contributed by atoms with Crippen molar-refractivity contribution in [2.24, 2.45) is 11.3 Å². The minimum atomic E-state index is -5.08. The number of carbonyl (C=O) groups is 1. The zero-order chi connectivity index (χ0) is 22.6. The summed E-state index contributed by atoms with van der Waals surface area (Å²) in [7, 11) is -1.41. The highest BCUT2D eigenvalue weighted by Crippen LogP contribution is 2.45. The van der Waals surface area contributed by atoms with Crippen molar-refractivity contribution in [1.82, 2.24) is 9.21 Å². The van der Waals surface area contributed by atoms with Gasteiger partial charge in [0.1, 0.15) is 0 Å². The molecule has 3 rings (SSSR count). The number of thiophene rings is 1. The summed E-state index contributed by atoms with van der Waals surface area (Å²) < 4.78 is 62.7. The standard InChI is InChI=1S/C16H26N2O3S2.C2HF3O2/c1-21-11-15-10-18(23(2,19)20)13-16(15)4-6-17(7-5-16)9-14-3-8-22-12-14;3-2(4,5)1(6)7/h3,8,12,15H,4-7,9-11,13H2,1-2H3;(H,6,7). The van der Waals surface area contributed by atoms with E-state index in [2.05, 4.69) is 21.7 Å². The summed E-state index contributed by atoms with van der Waals surface area (Å²) in [5.41, 5.74) is 1.47. The van der Waals surface area contributed by atoms with Crippen LogP contribution in [-0.2, 0) is 26.1 Å². The van der Waals surface area contributed by atoms with Gasteiger partial charge in [-0.25, -0.2) is 17.5 Å². The van der Waals surface area contributed by atoms with Gasteiger partial charge in [0.2, 0.25) is 10.0 Å². The fourth-order valence-electron chi connectivity index (χ4n) is 4.03. The third kappa shape index (κ3) is 6.64. The van der Waals surface area contributed by atoms with E-state index in [4.69, 9.17) is 14.6 Å². The van der Waals surface area contributed by atoms with E-state index >= 15 is 0 Å². The number of hydrogen-bond acceptors (Lipinski definition) is 6. The van der Waals surface area contributed by atoms with Crippen LogP contribution in [0.25, 0.3) is 0 Å². The van der Waals surface area contributed by atoms with E-state index in [1.165, 1.54) is 11.8 Å². The number of rotatable bonds is 5. The number of likely N-dealkylation sites (tertiary alicyclic amines) is 1. The monoisotopic (exact) mass is 472 g/mol. The lowest BCUT2D eigenvalue weighted by Crippen LogP contribution is -2.45. The molecule has 0 aliphatic carbocycles. The van der Waals surface area contributed by atoms with Gasteiger partial charge in [0.25, 0.3) is 0 Å². The van der Waals surface area contributed by atoms with Gasteiger partial charge in [-0.3, -0.25) is 4.90 Å². The number of alkyl halides is 3. The average Bonchev–Trinajstić information content (AvgIpc) is 3.26. The Morgan fingerprint density at radius 2 is 1.97 bits per heavy atom. The van der Waals surface area contributed by atoms with Crippen LogP contribution in [0.1, 0.15) is 18.4 Å². The van der Waals surface area contributed by atoms with E-state index in [1.807, 2.05) is 0 Å². The molecule has 172 valence electrons. The lowest BCUT2D eigenvalue weighted by molar-refractivity contribution is -0.192. The molecule has 3 heterocycles. The summed E-state index contributed by atoms with van der Waals surface area (Å²) in [6.45, 7) is 4.99. The highest BCUT2D eigenvalue weighted by atomic mass is 32.2. The van der Waals surface area contributed by atoms with Gasteiger partial charge in [-0.2, -0.15) is 24.5 Å². The molecule has 1 aromatic heterocycles. The van der Waals surface area contributed by atoms with Gasteiger partial charge in [-0.05, 0) is 53.7 Å². The molecule has 2 saturated heterocycles. The number of ether oxygens (including phenoxy) is 1. The Kier molecular flexibility index (Phi) is 8.30. The van der Waals surface area contributed by atoms with Crippen LogP contribution < -0.4 is 0 Å². The summed E-state index contributed by atoms with van der Waals surface area (Å²) >= 11 is 1.74. The molecular weight excluding hydrogens is 445 g/mol. The second-order valence-corrected chi connectivity index (χ2v) is 10.5. The van der Waals surface area contributed by atoms with Crippen LogP contribution in [0.2, 0.25) is 0 Å². The largest absolute Gasteiger partial charge is 0.490 e. The van der Waals surface area contributed by atoms with Crippen LogP contribution in [0, 0.1) is 11.3 Å². The molecule has 1 unspecified atom stereocenters. The van der Waals surface area contributed by atoms with E-state index in [9.17, 15) is 21.6 Å². The third-order valence-corrected chi connectivity index (χ3v) is 7.65. The zero-order valence-electron chi connectivity index (χ0n) is 16.9. The highest BCUT2D eigenvalue weighted by molar-refractivity contribution is 7.88. The van der Waals surface area contributed by atoms with E-state index in [0.717, 1.165) is 32.5 Å². The van der Waals surface area contributed by atoms with Crippen LogP contribution >= 0.6 is 11.3 Å². The topological polar surface area (TPSA) is 87.2 Å². The molecule has 1 atom stereocenters. The zero-order valence-corrected chi connectivity index (χ0v) is 18.5. The van der Waals surface area contributed by atoms with Gasteiger partial charge in [0.15, 0.2) is 0 Å². The summed E-state index contributed by atoms with van der Waals surface area (Å²) in [6.07, 6.45) is -1.66. The first-order valence-corrected chi connectivity index (χ1v) is 12.1. The number of hydrogen-bond donors (Lipinski definition) is 1. The quantitative estimate of drug-likeness (QED) is 0.709. The Balaban J connectivity index is 0.000000396. The summed E-state index contributed by atoms with van der Waals surface area (Å²) in [4.78, 5) is 11.4. The van der Waals surface area contributed by atoms with Crippen molar-refractivity contribution in [2.75, 3.05) is 46.2 Å². The van der Waals surface area contributed by atoms with E-state index in [1.54, 1.807) is 22.8 Å². The lowest BCUT2D eigenvalue weighted by Gasteiger charge is -2.42. The van der Waals surface area contributed by atoms with Crippen molar-refractivity contribution in [3.05, 3.63) is 22.4 Å². The maximum atomic E-state index is 12.0. The number of halogens is 3. The van der Waals surface area contributed by atoms with Gasteiger partial charge in [0, 0.05) is 32.7 Å². The highest BCUT2D eigenvalue weighted by Gasteiger charge is 2.50. The maximum Gasteiger partial charge on any atom is 0.490 e. The van der Waals surface area contributed by atoms with Crippen LogP contribution in [0.15, 0.2) is 16.8 Å². The SMILES string of the molecule is COCC1CN(S(C)(=O)=O)CC12CCN(Cc1ccsc1)CC2.O=C(O)C(F)(F)F. The van der Waals surface area contributed by atoms with E-state index in [-0.39, 0.29) is 5.41 Å². The molecular formula is C18H27F3N2O5S2. The molecule has 2 aliphatic heterocycles. The summed E-state index contributed by atoms with van der Waals surface area (Å²) in [6, 6.07) is 2.18. The Bertz CT molecular complexity index is 791. The first-order valence-electron chi connectivity index (χ1n) is 9.35. The molecule has 0 amide bonds. The van der Waals surface area contributed by atoms with Gasteiger partial charge in [-0.1, -0.05) is 0 Å². The number of sulfonamides is 1. The molecule has 1 aromatic rings. The summed E-state index contributed by atoms with van der Waals surface area (Å²) in [5, 5.41) is 11.5. The van der Waals surface area contributed by atoms with Gasteiger partial charge >= 0.3 is 12.1 Å².